The third kappa shape index (κ3) is 5.09. The van der Waals surface area contributed by atoms with E-state index in [-0.39, 0.29) is 5.91 Å². The molecule has 0 heterocycles. The van der Waals surface area contributed by atoms with Crippen molar-refractivity contribution in [2.75, 3.05) is 13.1 Å². The minimum atomic E-state index is -0.392. The fraction of sp³-hybridized carbons (Fsp3) is 0.875. The molecule has 1 amide bonds. The van der Waals surface area contributed by atoms with Crippen LogP contribution in [0.5, 0.6) is 0 Å². The van der Waals surface area contributed by atoms with E-state index >= 15 is 0 Å². The van der Waals surface area contributed by atoms with Crippen molar-refractivity contribution < 1.29 is 4.79 Å². The third-order valence-electron chi connectivity index (χ3n) is 1.51. The van der Waals surface area contributed by atoms with E-state index in [1.165, 1.54) is 0 Å². The predicted molar refractivity (Wildman–Crippen MR) is 49.5 cm³/mol. The van der Waals surface area contributed by atoms with Crippen LogP contribution in [0.1, 0.15) is 20.3 Å². The second-order valence-corrected chi connectivity index (χ2v) is 3.32. The second-order valence-electron chi connectivity index (χ2n) is 3.32. The van der Waals surface area contributed by atoms with Crippen molar-refractivity contribution in [3.8, 4) is 0 Å². The Labute approximate surface area is 73.7 Å². The molecule has 72 valence electrons. The van der Waals surface area contributed by atoms with Gasteiger partial charge in [0.1, 0.15) is 0 Å². The fourth-order valence-electron chi connectivity index (χ4n) is 0.941. The van der Waals surface area contributed by atoms with Crippen LogP contribution < -0.4 is 16.8 Å². The summed E-state index contributed by atoms with van der Waals surface area (Å²) in [6, 6.07) is -0.392. The van der Waals surface area contributed by atoms with Crippen LogP contribution in [-0.2, 0) is 4.79 Å². The Bertz CT molecular complexity index is 136. The minimum absolute atomic E-state index is 0.103. The van der Waals surface area contributed by atoms with Gasteiger partial charge in [0.2, 0.25) is 5.91 Å². The molecule has 0 aromatic carbocycles. The number of nitrogens with two attached hydrogens (primary N) is 2. The summed E-state index contributed by atoms with van der Waals surface area (Å²) in [5.74, 6) is 0.345. The molecule has 4 nitrogen and oxygen atoms in total. The molecule has 4 heteroatoms. The van der Waals surface area contributed by atoms with Gasteiger partial charge in [0.05, 0.1) is 6.04 Å². The van der Waals surface area contributed by atoms with Gasteiger partial charge >= 0.3 is 0 Å². The summed E-state index contributed by atoms with van der Waals surface area (Å²) in [4.78, 5) is 11.1. The van der Waals surface area contributed by atoms with Gasteiger partial charge in [-0.25, -0.2) is 0 Å². The lowest BCUT2D eigenvalue weighted by atomic mass is 10.0. The molecule has 0 spiro atoms. The van der Waals surface area contributed by atoms with Gasteiger partial charge in [0.15, 0.2) is 0 Å². The van der Waals surface area contributed by atoms with Crippen LogP contribution in [0.25, 0.3) is 0 Å². The molecule has 0 unspecified atom stereocenters. The first-order chi connectivity index (χ1) is 5.57. The van der Waals surface area contributed by atoms with Crippen molar-refractivity contribution >= 4 is 5.91 Å². The zero-order valence-electron chi connectivity index (χ0n) is 7.84. The molecule has 5 N–H and O–H groups in total. The van der Waals surface area contributed by atoms with E-state index in [4.69, 9.17) is 11.5 Å². The number of carbonyl (C=O) groups is 1. The molecule has 0 saturated carbocycles. The van der Waals surface area contributed by atoms with E-state index in [2.05, 4.69) is 5.32 Å². The Morgan fingerprint density at radius 2 is 2.08 bits per heavy atom. The zero-order chi connectivity index (χ0) is 9.56. The van der Waals surface area contributed by atoms with Gasteiger partial charge in [0, 0.05) is 13.1 Å². The molecule has 0 aromatic heterocycles. The van der Waals surface area contributed by atoms with Crippen molar-refractivity contribution in [1.82, 2.24) is 5.32 Å². The second kappa shape index (κ2) is 5.97. The summed E-state index contributed by atoms with van der Waals surface area (Å²) >= 11 is 0. The molecule has 0 fully saturated rings. The normalized spacial score (nSPS) is 13.1. The third-order valence-corrected chi connectivity index (χ3v) is 1.51. The number of hydrogen-bond donors (Lipinski definition) is 3. The highest BCUT2D eigenvalue weighted by Crippen LogP contribution is 2.01. The Balaban J connectivity index is 3.61. The largest absolute Gasteiger partial charge is 0.353 e. The lowest BCUT2D eigenvalue weighted by Crippen LogP contribution is -2.43. The molecule has 0 rings (SSSR count). The smallest absolute Gasteiger partial charge is 0.236 e. The Kier molecular flexibility index (Phi) is 5.66. The standard InChI is InChI=1S/C8H19N3O/c1-6(2)5-7(10)8(12)11-4-3-9/h6-7H,3-5,9-10H2,1-2H3,(H,11,12)/t7-/m0/s1. The molecule has 0 bridgehead atoms. The van der Waals surface area contributed by atoms with Gasteiger partial charge in [0.25, 0.3) is 0 Å². The molecule has 0 aliphatic heterocycles. The summed E-state index contributed by atoms with van der Waals surface area (Å²) in [5, 5.41) is 2.65. The van der Waals surface area contributed by atoms with E-state index in [0.717, 1.165) is 6.42 Å². The topological polar surface area (TPSA) is 81.1 Å². The fourth-order valence-corrected chi connectivity index (χ4v) is 0.941. The molecular formula is C8H19N3O. The van der Waals surface area contributed by atoms with Crippen molar-refractivity contribution in [1.29, 1.82) is 0 Å². The van der Waals surface area contributed by atoms with Crippen LogP contribution in [-0.4, -0.2) is 25.0 Å². The molecule has 0 saturated heterocycles. The summed E-state index contributed by atoms with van der Waals surface area (Å²) in [7, 11) is 0. The molecule has 0 radical (unpaired) electrons. The van der Waals surface area contributed by atoms with E-state index < -0.39 is 6.04 Å². The Hall–Kier alpha value is -0.610. The Morgan fingerprint density at radius 1 is 1.50 bits per heavy atom. The number of carbonyl (C=O) groups excluding carboxylic acids is 1. The summed E-state index contributed by atoms with van der Waals surface area (Å²) in [6.45, 7) is 5.04. The lowest BCUT2D eigenvalue weighted by molar-refractivity contribution is -0.122. The minimum Gasteiger partial charge on any atom is -0.353 e. The van der Waals surface area contributed by atoms with E-state index in [0.29, 0.717) is 19.0 Å². The first kappa shape index (κ1) is 11.4. The van der Waals surface area contributed by atoms with E-state index in [1.54, 1.807) is 0 Å². The zero-order valence-corrected chi connectivity index (χ0v) is 7.84. The van der Waals surface area contributed by atoms with Crippen molar-refractivity contribution in [3.05, 3.63) is 0 Å². The highest BCUT2D eigenvalue weighted by molar-refractivity contribution is 5.81. The van der Waals surface area contributed by atoms with Crippen LogP contribution in [0, 0.1) is 5.92 Å². The maximum absolute atomic E-state index is 11.1. The number of rotatable bonds is 5. The Morgan fingerprint density at radius 3 is 2.50 bits per heavy atom. The number of hydrogen-bond acceptors (Lipinski definition) is 3. The van der Waals surface area contributed by atoms with Gasteiger partial charge < -0.3 is 16.8 Å². The lowest BCUT2D eigenvalue weighted by Gasteiger charge is -2.13. The SMILES string of the molecule is CC(C)C[C@H](N)C(=O)NCCN. The average molecular weight is 173 g/mol. The molecule has 12 heavy (non-hydrogen) atoms. The van der Waals surface area contributed by atoms with Crippen LogP contribution >= 0.6 is 0 Å². The summed E-state index contributed by atoms with van der Waals surface area (Å²) in [5.41, 5.74) is 10.8. The van der Waals surface area contributed by atoms with Crippen LogP contribution in [0.3, 0.4) is 0 Å². The maximum atomic E-state index is 11.1. The highest BCUT2D eigenvalue weighted by Gasteiger charge is 2.13. The number of amides is 1. The van der Waals surface area contributed by atoms with Crippen LogP contribution in [0.2, 0.25) is 0 Å². The molecule has 0 aliphatic rings. The summed E-state index contributed by atoms with van der Waals surface area (Å²) < 4.78 is 0. The van der Waals surface area contributed by atoms with Gasteiger partial charge in [-0.2, -0.15) is 0 Å². The molecule has 1 atom stereocenters. The highest BCUT2D eigenvalue weighted by atomic mass is 16.2. The van der Waals surface area contributed by atoms with Gasteiger partial charge in [-0.15, -0.1) is 0 Å². The average Bonchev–Trinajstić information content (AvgIpc) is 1.98. The quantitative estimate of drug-likeness (QED) is 0.521. The molecule has 0 aliphatic carbocycles. The van der Waals surface area contributed by atoms with Gasteiger partial charge in [-0.1, -0.05) is 13.8 Å². The summed E-state index contributed by atoms with van der Waals surface area (Å²) in [6.07, 6.45) is 0.719. The molecule has 0 aromatic rings. The first-order valence-corrected chi connectivity index (χ1v) is 4.31. The van der Waals surface area contributed by atoms with Crippen molar-refractivity contribution in [2.45, 2.75) is 26.3 Å². The maximum Gasteiger partial charge on any atom is 0.236 e. The monoisotopic (exact) mass is 173 g/mol. The number of nitrogens with one attached hydrogen (secondary N) is 1. The van der Waals surface area contributed by atoms with Crippen LogP contribution in [0.15, 0.2) is 0 Å². The van der Waals surface area contributed by atoms with E-state index in [1.807, 2.05) is 13.8 Å². The van der Waals surface area contributed by atoms with Gasteiger partial charge in [-0.05, 0) is 12.3 Å². The molecular weight excluding hydrogens is 154 g/mol. The first-order valence-electron chi connectivity index (χ1n) is 4.31. The van der Waals surface area contributed by atoms with Gasteiger partial charge in [-0.3, -0.25) is 4.79 Å². The van der Waals surface area contributed by atoms with Crippen molar-refractivity contribution in [2.24, 2.45) is 17.4 Å². The predicted octanol–water partition coefficient (Wildman–Crippen LogP) is -0.565. The van der Waals surface area contributed by atoms with E-state index in [9.17, 15) is 4.79 Å². The van der Waals surface area contributed by atoms with Crippen LogP contribution in [0.4, 0.5) is 0 Å². The van der Waals surface area contributed by atoms with Crippen molar-refractivity contribution in [3.63, 3.8) is 0 Å².